The smallest absolute Gasteiger partial charge is 0.334 e. The molecule has 0 radical (unpaired) electrons. The summed E-state index contributed by atoms with van der Waals surface area (Å²) in [6.07, 6.45) is 5.33. The quantitative estimate of drug-likeness (QED) is 0.304. The minimum Gasteiger partial charge on any atom is -0.497 e. The van der Waals surface area contributed by atoms with Crippen LogP contribution in [0.4, 0.5) is 0 Å². The Kier molecular flexibility index (Phi) is 5.81. The molecule has 2 aromatic carbocycles. The number of methoxy groups -OCH3 is 1. The molecule has 3 unspecified atom stereocenters. The van der Waals surface area contributed by atoms with Crippen LogP contribution in [0.1, 0.15) is 33.1 Å². The predicted molar refractivity (Wildman–Crippen MR) is 117 cm³/mol. The molecule has 6 nitrogen and oxygen atoms in total. The lowest BCUT2D eigenvalue weighted by Gasteiger charge is -2.26. The number of hydrogen-bond acceptors (Lipinski definition) is 5. The summed E-state index contributed by atoms with van der Waals surface area (Å²) in [4.78, 5) is 40.4. The zero-order chi connectivity index (χ0) is 22.1. The number of esters is 1. The maximum atomic E-state index is 13.2. The third-order valence-corrected chi connectivity index (χ3v) is 6.06. The number of benzene rings is 2. The Hall–Kier alpha value is -3.15. The molecule has 1 saturated heterocycles. The van der Waals surface area contributed by atoms with Gasteiger partial charge in [0.2, 0.25) is 11.8 Å². The topological polar surface area (TPSA) is 72.9 Å². The second-order valence-electron chi connectivity index (χ2n) is 8.64. The summed E-state index contributed by atoms with van der Waals surface area (Å²) in [6, 6.07) is 10.1. The van der Waals surface area contributed by atoms with Gasteiger partial charge in [0.1, 0.15) is 17.5 Å². The number of nitrogens with zero attached hydrogens (tertiary/aromatic N) is 1. The molecule has 31 heavy (non-hydrogen) atoms. The summed E-state index contributed by atoms with van der Waals surface area (Å²) < 4.78 is 10.9. The molecule has 162 valence electrons. The standard InChI is InChI=1S/C25H27NO5/c1-15(2)12-22(26-23(27)20-6-4-5-7-21(20)24(26)28)25(29)31-19-11-9-16-8-10-18(30-3)13-17(16)14-19/h4-5,8-11,13-15,20-22H,6-7,12H2,1-3H3. The van der Waals surface area contributed by atoms with Crippen LogP contribution in [0.25, 0.3) is 10.8 Å². The lowest BCUT2D eigenvalue weighted by Crippen LogP contribution is -2.48. The molecule has 1 heterocycles. The third kappa shape index (κ3) is 4.07. The largest absolute Gasteiger partial charge is 0.497 e. The molecular weight excluding hydrogens is 394 g/mol. The number of fused-ring (bicyclic) bond motifs is 2. The van der Waals surface area contributed by atoms with Crippen molar-refractivity contribution >= 4 is 28.6 Å². The van der Waals surface area contributed by atoms with Gasteiger partial charge in [0, 0.05) is 0 Å². The van der Waals surface area contributed by atoms with Gasteiger partial charge in [0.05, 0.1) is 18.9 Å². The average molecular weight is 421 g/mol. The van der Waals surface area contributed by atoms with Crippen LogP contribution < -0.4 is 9.47 Å². The first-order valence-electron chi connectivity index (χ1n) is 10.7. The van der Waals surface area contributed by atoms with E-state index < -0.39 is 12.0 Å². The minimum atomic E-state index is -0.924. The number of carbonyl (C=O) groups excluding carboxylic acids is 3. The fourth-order valence-electron chi connectivity index (χ4n) is 4.46. The van der Waals surface area contributed by atoms with Crippen LogP contribution >= 0.6 is 0 Å². The van der Waals surface area contributed by atoms with Gasteiger partial charge in [0.15, 0.2) is 0 Å². The van der Waals surface area contributed by atoms with Crippen molar-refractivity contribution in [2.24, 2.45) is 17.8 Å². The molecule has 4 rings (SSSR count). The van der Waals surface area contributed by atoms with Crippen molar-refractivity contribution in [3.8, 4) is 11.5 Å². The summed E-state index contributed by atoms with van der Waals surface area (Å²) >= 11 is 0. The predicted octanol–water partition coefficient (Wildman–Crippen LogP) is 4.12. The molecule has 1 fully saturated rings. The highest BCUT2D eigenvalue weighted by Crippen LogP contribution is 2.37. The molecule has 0 bridgehead atoms. The zero-order valence-corrected chi connectivity index (χ0v) is 18.0. The van der Waals surface area contributed by atoms with E-state index in [-0.39, 0.29) is 29.6 Å². The number of hydrogen-bond donors (Lipinski definition) is 0. The monoisotopic (exact) mass is 421 g/mol. The van der Waals surface area contributed by atoms with Crippen molar-refractivity contribution < 1.29 is 23.9 Å². The van der Waals surface area contributed by atoms with Crippen molar-refractivity contribution in [3.63, 3.8) is 0 Å². The van der Waals surface area contributed by atoms with Gasteiger partial charge in [-0.2, -0.15) is 0 Å². The van der Waals surface area contributed by atoms with Gasteiger partial charge < -0.3 is 9.47 Å². The number of allylic oxidation sites excluding steroid dienone is 2. The van der Waals surface area contributed by atoms with E-state index in [2.05, 4.69) is 0 Å². The summed E-state index contributed by atoms with van der Waals surface area (Å²) in [7, 11) is 1.60. The van der Waals surface area contributed by atoms with Gasteiger partial charge >= 0.3 is 5.97 Å². The molecule has 6 heteroatoms. The first-order chi connectivity index (χ1) is 14.9. The first-order valence-corrected chi connectivity index (χ1v) is 10.7. The number of imide groups is 1. The van der Waals surface area contributed by atoms with E-state index in [1.54, 1.807) is 19.2 Å². The van der Waals surface area contributed by atoms with Crippen LogP contribution in [0.5, 0.6) is 11.5 Å². The molecule has 0 aromatic heterocycles. The Balaban J connectivity index is 1.60. The summed E-state index contributed by atoms with van der Waals surface area (Å²) in [5.41, 5.74) is 0. The van der Waals surface area contributed by atoms with E-state index in [0.29, 0.717) is 30.8 Å². The molecule has 3 atom stereocenters. The SMILES string of the molecule is COc1ccc2ccc(OC(=O)C(CC(C)C)N3C(=O)C4CC=CCC4C3=O)cc2c1. The first kappa shape index (κ1) is 21.1. The van der Waals surface area contributed by atoms with Crippen LogP contribution in [-0.4, -0.2) is 35.8 Å². The molecule has 1 aliphatic heterocycles. The van der Waals surface area contributed by atoms with Crippen LogP contribution in [-0.2, 0) is 14.4 Å². The zero-order valence-electron chi connectivity index (χ0n) is 18.0. The van der Waals surface area contributed by atoms with Gasteiger partial charge in [-0.1, -0.05) is 38.1 Å². The Morgan fingerprint density at radius 2 is 1.55 bits per heavy atom. The van der Waals surface area contributed by atoms with Gasteiger partial charge in [-0.15, -0.1) is 0 Å². The van der Waals surface area contributed by atoms with E-state index in [9.17, 15) is 14.4 Å². The third-order valence-electron chi connectivity index (χ3n) is 6.06. The van der Waals surface area contributed by atoms with Crippen molar-refractivity contribution in [1.82, 2.24) is 4.90 Å². The summed E-state index contributed by atoms with van der Waals surface area (Å²) in [6.45, 7) is 3.92. The average Bonchev–Trinajstić information content (AvgIpc) is 3.01. The fraction of sp³-hybridized carbons (Fsp3) is 0.400. The van der Waals surface area contributed by atoms with Crippen molar-refractivity contribution in [2.45, 2.75) is 39.2 Å². The van der Waals surface area contributed by atoms with Crippen molar-refractivity contribution in [2.75, 3.05) is 7.11 Å². The summed E-state index contributed by atoms with van der Waals surface area (Å²) in [5.74, 6) is -0.642. The number of ether oxygens (including phenoxy) is 2. The maximum Gasteiger partial charge on any atom is 0.334 e. The Bertz CT molecular complexity index is 1030. The van der Waals surface area contributed by atoms with Crippen LogP contribution in [0.15, 0.2) is 48.6 Å². The molecule has 1 aliphatic carbocycles. The van der Waals surface area contributed by atoms with Crippen LogP contribution in [0, 0.1) is 17.8 Å². The van der Waals surface area contributed by atoms with Crippen molar-refractivity contribution in [1.29, 1.82) is 0 Å². The number of rotatable bonds is 6. The van der Waals surface area contributed by atoms with Gasteiger partial charge in [-0.3, -0.25) is 14.5 Å². The van der Waals surface area contributed by atoms with E-state index in [4.69, 9.17) is 9.47 Å². The van der Waals surface area contributed by atoms with Gasteiger partial charge in [-0.05, 0) is 60.2 Å². The van der Waals surface area contributed by atoms with Gasteiger partial charge in [-0.25, -0.2) is 4.79 Å². The summed E-state index contributed by atoms with van der Waals surface area (Å²) in [5, 5.41) is 1.86. The Labute approximate surface area is 181 Å². The molecule has 0 saturated carbocycles. The van der Waals surface area contributed by atoms with Crippen LogP contribution in [0.3, 0.4) is 0 Å². The van der Waals surface area contributed by atoms with E-state index in [1.165, 1.54) is 4.90 Å². The highest BCUT2D eigenvalue weighted by atomic mass is 16.5. The lowest BCUT2D eigenvalue weighted by molar-refractivity contribution is -0.154. The maximum absolute atomic E-state index is 13.2. The lowest BCUT2D eigenvalue weighted by atomic mass is 9.85. The molecule has 2 amide bonds. The normalized spacial score (nSPS) is 21.5. The second-order valence-corrected chi connectivity index (χ2v) is 8.64. The van der Waals surface area contributed by atoms with Gasteiger partial charge in [0.25, 0.3) is 0 Å². The van der Waals surface area contributed by atoms with E-state index in [0.717, 1.165) is 10.8 Å². The fourth-order valence-corrected chi connectivity index (χ4v) is 4.46. The Morgan fingerprint density at radius 1 is 0.968 bits per heavy atom. The Morgan fingerprint density at radius 3 is 2.13 bits per heavy atom. The molecule has 2 aliphatic rings. The number of carbonyl (C=O) groups is 3. The molecule has 0 spiro atoms. The van der Waals surface area contributed by atoms with E-state index >= 15 is 0 Å². The number of likely N-dealkylation sites (tertiary alicyclic amines) is 1. The second kappa shape index (κ2) is 8.53. The van der Waals surface area contributed by atoms with Crippen LogP contribution in [0.2, 0.25) is 0 Å². The molecule has 2 aromatic rings. The van der Waals surface area contributed by atoms with Crippen molar-refractivity contribution in [3.05, 3.63) is 48.6 Å². The highest BCUT2D eigenvalue weighted by Gasteiger charge is 2.51. The molecular formula is C25H27NO5. The highest BCUT2D eigenvalue weighted by molar-refractivity contribution is 6.08. The molecule has 0 N–H and O–H groups in total. The number of amides is 2. The minimum absolute atomic E-state index is 0.111. The van der Waals surface area contributed by atoms with E-state index in [1.807, 2.05) is 50.3 Å².